The highest BCUT2D eigenvalue weighted by Gasteiger charge is 2.36. The topological polar surface area (TPSA) is 86.3 Å². The van der Waals surface area contributed by atoms with Crippen LogP contribution in [0.4, 0.5) is 5.69 Å². The van der Waals surface area contributed by atoms with Crippen LogP contribution in [-0.2, 0) is 0 Å². The van der Waals surface area contributed by atoms with Crippen molar-refractivity contribution in [2.75, 3.05) is 0 Å². The maximum absolute atomic E-state index is 11.3. The standard InChI is InChI=1S/C15H14N2O4/c18-16(19)13-6-4-10(5-7-13)14-8-11-2-1-3-12(11)9-15(14)17(20)21/h1-2,4-7,11-12H,3,8-9H2/t11-,12+/m1/s1. The summed E-state index contributed by atoms with van der Waals surface area (Å²) < 4.78 is 0. The van der Waals surface area contributed by atoms with Crippen LogP contribution in [0.5, 0.6) is 0 Å². The van der Waals surface area contributed by atoms with E-state index in [0.717, 1.165) is 6.42 Å². The number of nitrogens with zero attached hydrogens (tertiary/aromatic N) is 2. The Kier molecular flexibility index (Phi) is 3.29. The molecule has 0 amide bonds. The van der Waals surface area contributed by atoms with E-state index in [1.54, 1.807) is 12.1 Å². The van der Waals surface area contributed by atoms with E-state index in [1.807, 2.05) is 0 Å². The summed E-state index contributed by atoms with van der Waals surface area (Å²) in [5.74, 6) is 0.672. The molecule has 2 aliphatic rings. The van der Waals surface area contributed by atoms with Crippen LogP contribution in [0.1, 0.15) is 24.8 Å². The predicted molar refractivity (Wildman–Crippen MR) is 77.0 cm³/mol. The molecule has 0 spiro atoms. The summed E-state index contributed by atoms with van der Waals surface area (Å²) in [5, 5.41) is 22.0. The second-order valence-electron chi connectivity index (χ2n) is 5.48. The Morgan fingerprint density at radius 2 is 1.71 bits per heavy atom. The number of fused-ring (bicyclic) bond motifs is 1. The van der Waals surface area contributed by atoms with Gasteiger partial charge in [0.2, 0.25) is 5.70 Å². The van der Waals surface area contributed by atoms with Crippen molar-refractivity contribution >= 4 is 11.3 Å². The van der Waals surface area contributed by atoms with Gasteiger partial charge in [0.25, 0.3) is 5.69 Å². The van der Waals surface area contributed by atoms with Gasteiger partial charge in [-0.15, -0.1) is 0 Å². The van der Waals surface area contributed by atoms with Crippen molar-refractivity contribution in [3.63, 3.8) is 0 Å². The first-order chi connectivity index (χ1) is 10.1. The maximum Gasteiger partial charge on any atom is 0.269 e. The van der Waals surface area contributed by atoms with Gasteiger partial charge in [0.05, 0.1) is 9.85 Å². The fourth-order valence-corrected chi connectivity index (χ4v) is 3.21. The quantitative estimate of drug-likeness (QED) is 0.483. The molecule has 0 radical (unpaired) electrons. The molecule has 0 saturated heterocycles. The minimum Gasteiger partial charge on any atom is -0.259 e. The van der Waals surface area contributed by atoms with E-state index in [0.29, 0.717) is 35.8 Å². The van der Waals surface area contributed by atoms with E-state index >= 15 is 0 Å². The molecule has 6 heteroatoms. The zero-order valence-electron chi connectivity index (χ0n) is 11.3. The van der Waals surface area contributed by atoms with Crippen LogP contribution >= 0.6 is 0 Å². The van der Waals surface area contributed by atoms with E-state index < -0.39 is 4.92 Å². The number of hydrogen-bond donors (Lipinski definition) is 0. The first kappa shape index (κ1) is 13.5. The molecule has 21 heavy (non-hydrogen) atoms. The van der Waals surface area contributed by atoms with Gasteiger partial charge in [-0.05, 0) is 42.4 Å². The smallest absolute Gasteiger partial charge is 0.259 e. The third kappa shape index (κ3) is 2.44. The minimum atomic E-state index is -0.469. The summed E-state index contributed by atoms with van der Waals surface area (Å²) in [4.78, 5) is 21.2. The fourth-order valence-electron chi connectivity index (χ4n) is 3.21. The van der Waals surface area contributed by atoms with Gasteiger partial charge < -0.3 is 0 Å². The van der Waals surface area contributed by atoms with Crippen molar-refractivity contribution in [3.8, 4) is 0 Å². The zero-order chi connectivity index (χ0) is 15.0. The van der Waals surface area contributed by atoms with E-state index in [1.165, 1.54) is 12.1 Å². The molecular formula is C15H14N2O4. The molecule has 108 valence electrons. The summed E-state index contributed by atoms with van der Waals surface area (Å²) >= 11 is 0. The van der Waals surface area contributed by atoms with Gasteiger partial charge >= 0.3 is 0 Å². The zero-order valence-corrected chi connectivity index (χ0v) is 11.3. The molecule has 1 aromatic carbocycles. The predicted octanol–water partition coefficient (Wildman–Crippen LogP) is 3.57. The summed E-state index contributed by atoms with van der Waals surface area (Å²) in [6, 6.07) is 6.01. The average molecular weight is 286 g/mol. The Hall–Kier alpha value is -2.50. The monoisotopic (exact) mass is 286 g/mol. The number of nitro groups is 2. The minimum absolute atomic E-state index is 0.00329. The Balaban J connectivity index is 1.99. The third-order valence-corrected chi connectivity index (χ3v) is 4.32. The summed E-state index contributed by atoms with van der Waals surface area (Å²) in [7, 11) is 0. The van der Waals surface area contributed by atoms with E-state index in [2.05, 4.69) is 12.2 Å². The van der Waals surface area contributed by atoms with E-state index in [-0.39, 0.29) is 16.3 Å². The van der Waals surface area contributed by atoms with Gasteiger partial charge in [-0.25, -0.2) is 0 Å². The first-order valence-electron chi connectivity index (χ1n) is 6.84. The average Bonchev–Trinajstić information content (AvgIpc) is 2.93. The molecule has 2 aliphatic carbocycles. The molecular weight excluding hydrogens is 272 g/mol. The van der Waals surface area contributed by atoms with Crippen LogP contribution < -0.4 is 0 Å². The molecule has 0 aliphatic heterocycles. The normalized spacial score (nSPS) is 24.0. The van der Waals surface area contributed by atoms with Crippen LogP contribution in [0.3, 0.4) is 0 Å². The lowest BCUT2D eigenvalue weighted by molar-refractivity contribution is -0.429. The molecule has 0 unspecified atom stereocenters. The molecule has 2 atom stereocenters. The van der Waals surface area contributed by atoms with Crippen LogP contribution in [0.2, 0.25) is 0 Å². The van der Waals surface area contributed by atoms with Crippen molar-refractivity contribution in [1.29, 1.82) is 0 Å². The van der Waals surface area contributed by atoms with Gasteiger partial charge in [-0.3, -0.25) is 20.2 Å². The molecule has 0 heterocycles. The molecule has 3 rings (SSSR count). The summed E-state index contributed by atoms with van der Waals surface area (Å²) in [5.41, 5.74) is 1.68. The molecule has 1 aromatic rings. The van der Waals surface area contributed by atoms with Crippen molar-refractivity contribution in [2.24, 2.45) is 11.8 Å². The first-order valence-corrected chi connectivity index (χ1v) is 6.84. The van der Waals surface area contributed by atoms with Crippen molar-refractivity contribution < 1.29 is 9.85 Å². The van der Waals surface area contributed by atoms with Crippen molar-refractivity contribution in [1.82, 2.24) is 0 Å². The molecule has 0 N–H and O–H groups in total. The second kappa shape index (κ2) is 5.12. The van der Waals surface area contributed by atoms with E-state index in [4.69, 9.17) is 0 Å². The van der Waals surface area contributed by atoms with Gasteiger partial charge in [-0.2, -0.15) is 0 Å². The van der Waals surface area contributed by atoms with Crippen LogP contribution in [0.15, 0.2) is 42.1 Å². The number of hydrogen-bond acceptors (Lipinski definition) is 4. The maximum atomic E-state index is 11.3. The molecule has 0 saturated carbocycles. The highest BCUT2D eigenvalue weighted by molar-refractivity contribution is 5.69. The molecule has 0 aromatic heterocycles. The van der Waals surface area contributed by atoms with Crippen molar-refractivity contribution in [3.05, 3.63) is 67.9 Å². The van der Waals surface area contributed by atoms with Gasteiger partial charge in [0.15, 0.2) is 0 Å². The number of rotatable bonds is 3. The Labute approximate surface area is 121 Å². The van der Waals surface area contributed by atoms with Gasteiger partial charge in [0, 0.05) is 24.1 Å². The molecule has 0 fully saturated rings. The van der Waals surface area contributed by atoms with Crippen LogP contribution in [0, 0.1) is 32.1 Å². The lowest BCUT2D eigenvalue weighted by Gasteiger charge is -2.25. The van der Waals surface area contributed by atoms with E-state index in [9.17, 15) is 20.2 Å². The largest absolute Gasteiger partial charge is 0.269 e. The fraction of sp³-hybridized carbons (Fsp3) is 0.333. The Bertz CT molecular complexity index is 661. The number of nitro benzene ring substituents is 1. The highest BCUT2D eigenvalue weighted by Crippen LogP contribution is 2.44. The number of allylic oxidation sites excluding steroid dienone is 4. The number of non-ortho nitro benzene ring substituents is 1. The third-order valence-electron chi connectivity index (χ3n) is 4.32. The Morgan fingerprint density at radius 1 is 1.00 bits per heavy atom. The van der Waals surface area contributed by atoms with Crippen LogP contribution in [-0.4, -0.2) is 9.85 Å². The lowest BCUT2D eigenvalue weighted by Crippen LogP contribution is -2.20. The second-order valence-corrected chi connectivity index (χ2v) is 5.48. The molecule has 6 nitrogen and oxygen atoms in total. The Morgan fingerprint density at radius 3 is 2.33 bits per heavy atom. The van der Waals surface area contributed by atoms with Gasteiger partial charge in [-0.1, -0.05) is 12.2 Å². The lowest BCUT2D eigenvalue weighted by atomic mass is 9.78. The molecule has 0 bridgehead atoms. The van der Waals surface area contributed by atoms with Crippen LogP contribution in [0.25, 0.3) is 5.57 Å². The van der Waals surface area contributed by atoms with Crippen molar-refractivity contribution in [2.45, 2.75) is 19.3 Å². The number of benzene rings is 1. The van der Waals surface area contributed by atoms with Gasteiger partial charge in [0.1, 0.15) is 0 Å². The SMILES string of the molecule is O=[N+]([O-])C1=C(c2ccc([N+](=O)[O-])cc2)C[C@H]2C=CC[C@H]2C1. The highest BCUT2D eigenvalue weighted by atomic mass is 16.6. The summed E-state index contributed by atoms with van der Waals surface area (Å²) in [6.07, 6.45) is 6.22. The summed E-state index contributed by atoms with van der Waals surface area (Å²) in [6.45, 7) is 0.